The number of hydrogen-bond donors (Lipinski definition) is 1. The summed E-state index contributed by atoms with van der Waals surface area (Å²) >= 11 is 0. The van der Waals surface area contributed by atoms with Gasteiger partial charge in [-0.15, -0.1) is 0 Å². The molecule has 0 bridgehead atoms. The van der Waals surface area contributed by atoms with Gasteiger partial charge in [0.1, 0.15) is 0 Å². The first-order valence-electron chi connectivity index (χ1n) is 9.73. The second kappa shape index (κ2) is 10.5. The van der Waals surface area contributed by atoms with Crippen molar-refractivity contribution >= 4 is 12.1 Å². The van der Waals surface area contributed by atoms with Crippen molar-refractivity contribution in [2.24, 2.45) is 4.99 Å². The van der Waals surface area contributed by atoms with Crippen LogP contribution < -0.4 is 5.32 Å². The summed E-state index contributed by atoms with van der Waals surface area (Å²) in [6.07, 6.45) is 6.60. The Labute approximate surface area is 152 Å². The number of carbonyl (C=O) groups excluding carboxylic acids is 1. The Hall–Kier alpha value is -1.50. The third-order valence-corrected chi connectivity index (χ3v) is 5.26. The van der Waals surface area contributed by atoms with Crippen molar-refractivity contribution in [1.82, 2.24) is 20.0 Å². The summed E-state index contributed by atoms with van der Waals surface area (Å²) in [5, 5.41) is 3.48. The average molecular weight is 354 g/mol. The van der Waals surface area contributed by atoms with Gasteiger partial charge in [-0.3, -0.25) is 4.99 Å². The fraction of sp³-hybridized carbons (Fsp3) is 0.889. The molecule has 1 saturated carbocycles. The number of nitrogens with zero attached hydrogens (tertiary/aromatic N) is 4. The normalized spacial score (nSPS) is 20.1. The molecule has 1 saturated heterocycles. The van der Waals surface area contributed by atoms with Gasteiger partial charge in [0.15, 0.2) is 5.96 Å². The van der Waals surface area contributed by atoms with Crippen LogP contribution in [0.15, 0.2) is 4.99 Å². The molecule has 2 fully saturated rings. The van der Waals surface area contributed by atoms with E-state index in [0.717, 1.165) is 38.2 Å². The number of guanidine groups is 1. The highest BCUT2D eigenvalue weighted by atomic mass is 16.6. The second-order valence-electron chi connectivity index (χ2n) is 6.92. The summed E-state index contributed by atoms with van der Waals surface area (Å²) in [7, 11) is 4.06. The van der Waals surface area contributed by atoms with Crippen molar-refractivity contribution in [1.29, 1.82) is 0 Å². The summed E-state index contributed by atoms with van der Waals surface area (Å²) in [5.41, 5.74) is 0. The third kappa shape index (κ3) is 6.06. The van der Waals surface area contributed by atoms with Crippen LogP contribution in [0.1, 0.15) is 39.0 Å². The standard InChI is InChI=1S/C18H35N5O2/c1-4-25-18(24)23-14-12-22(13-15-23)17(19-2)20-10-11-21(3)16-8-6-5-7-9-16/h16H,4-15H2,1-3H3,(H,19,20). The number of aliphatic imine (C=N–C) groups is 1. The van der Waals surface area contributed by atoms with Crippen molar-refractivity contribution in [3.05, 3.63) is 0 Å². The topological polar surface area (TPSA) is 60.4 Å². The number of carbonyl (C=O) groups is 1. The van der Waals surface area contributed by atoms with Gasteiger partial charge in [-0.1, -0.05) is 19.3 Å². The van der Waals surface area contributed by atoms with Crippen molar-refractivity contribution in [2.45, 2.75) is 45.1 Å². The van der Waals surface area contributed by atoms with E-state index in [-0.39, 0.29) is 6.09 Å². The van der Waals surface area contributed by atoms with Gasteiger partial charge in [-0.2, -0.15) is 0 Å². The Balaban J connectivity index is 1.69. The lowest BCUT2D eigenvalue weighted by atomic mass is 9.94. The fourth-order valence-corrected chi connectivity index (χ4v) is 3.70. The lowest BCUT2D eigenvalue weighted by Gasteiger charge is -2.36. The van der Waals surface area contributed by atoms with Gasteiger partial charge >= 0.3 is 6.09 Å². The van der Waals surface area contributed by atoms with E-state index < -0.39 is 0 Å². The fourth-order valence-electron chi connectivity index (χ4n) is 3.70. The predicted molar refractivity (Wildman–Crippen MR) is 101 cm³/mol. The molecule has 0 unspecified atom stereocenters. The van der Waals surface area contributed by atoms with Crippen LogP contribution in [0.5, 0.6) is 0 Å². The molecule has 1 N–H and O–H groups in total. The van der Waals surface area contributed by atoms with E-state index in [1.807, 2.05) is 14.0 Å². The highest BCUT2D eigenvalue weighted by molar-refractivity contribution is 5.80. The zero-order valence-corrected chi connectivity index (χ0v) is 16.2. The lowest BCUT2D eigenvalue weighted by molar-refractivity contribution is 0.0914. The molecule has 0 atom stereocenters. The minimum absolute atomic E-state index is 0.209. The SMILES string of the molecule is CCOC(=O)N1CCN(C(=NC)NCCN(C)C2CCCCC2)CC1. The molecular weight excluding hydrogens is 318 g/mol. The maximum Gasteiger partial charge on any atom is 0.409 e. The number of likely N-dealkylation sites (N-methyl/N-ethyl adjacent to an activating group) is 1. The Morgan fingerprint density at radius 3 is 2.40 bits per heavy atom. The van der Waals surface area contributed by atoms with Gasteiger partial charge in [0.25, 0.3) is 0 Å². The minimum Gasteiger partial charge on any atom is -0.450 e. The van der Waals surface area contributed by atoms with Gasteiger partial charge < -0.3 is 24.8 Å². The maximum absolute atomic E-state index is 11.8. The molecule has 0 aromatic carbocycles. The molecule has 2 rings (SSSR count). The van der Waals surface area contributed by atoms with Crippen LogP contribution in [-0.4, -0.2) is 92.8 Å². The van der Waals surface area contributed by atoms with Crippen molar-refractivity contribution < 1.29 is 9.53 Å². The van der Waals surface area contributed by atoms with Crippen molar-refractivity contribution in [2.75, 3.05) is 60.0 Å². The molecule has 144 valence electrons. The monoisotopic (exact) mass is 353 g/mol. The van der Waals surface area contributed by atoms with E-state index >= 15 is 0 Å². The van der Waals surface area contributed by atoms with E-state index in [1.165, 1.54) is 32.1 Å². The van der Waals surface area contributed by atoms with E-state index in [2.05, 4.69) is 27.2 Å². The van der Waals surface area contributed by atoms with Crippen LogP contribution in [0.4, 0.5) is 4.79 Å². The van der Waals surface area contributed by atoms with E-state index in [1.54, 1.807) is 4.90 Å². The third-order valence-electron chi connectivity index (χ3n) is 5.26. The Morgan fingerprint density at radius 2 is 1.80 bits per heavy atom. The molecule has 1 aliphatic heterocycles. The molecular formula is C18H35N5O2. The molecule has 0 aromatic heterocycles. The molecule has 7 nitrogen and oxygen atoms in total. The largest absolute Gasteiger partial charge is 0.450 e. The zero-order valence-electron chi connectivity index (χ0n) is 16.2. The Morgan fingerprint density at radius 1 is 1.16 bits per heavy atom. The first kappa shape index (κ1) is 19.8. The van der Waals surface area contributed by atoms with Crippen molar-refractivity contribution in [3.8, 4) is 0 Å². The number of piperazine rings is 1. The molecule has 1 aliphatic carbocycles. The van der Waals surface area contributed by atoms with E-state index in [9.17, 15) is 4.79 Å². The number of ether oxygens (including phenoxy) is 1. The van der Waals surface area contributed by atoms with Gasteiger partial charge in [0, 0.05) is 52.4 Å². The molecule has 0 radical (unpaired) electrons. The summed E-state index contributed by atoms with van der Waals surface area (Å²) in [6.45, 7) is 7.14. The quantitative estimate of drug-likeness (QED) is 0.601. The van der Waals surface area contributed by atoms with E-state index in [0.29, 0.717) is 19.7 Å². The van der Waals surface area contributed by atoms with Crippen LogP contribution in [0, 0.1) is 0 Å². The smallest absolute Gasteiger partial charge is 0.409 e. The van der Waals surface area contributed by atoms with Crippen LogP contribution >= 0.6 is 0 Å². The molecule has 1 amide bonds. The Kier molecular flexibility index (Phi) is 8.31. The molecule has 25 heavy (non-hydrogen) atoms. The summed E-state index contributed by atoms with van der Waals surface area (Å²) < 4.78 is 5.07. The molecule has 1 heterocycles. The number of hydrogen-bond acceptors (Lipinski definition) is 4. The average Bonchev–Trinajstić information content (AvgIpc) is 2.66. The minimum atomic E-state index is -0.209. The maximum atomic E-state index is 11.8. The van der Waals surface area contributed by atoms with Crippen LogP contribution in [0.25, 0.3) is 0 Å². The van der Waals surface area contributed by atoms with Crippen LogP contribution in [-0.2, 0) is 4.74 Å². The molecule has 7 heteroatoms. The highest BCUT2D eigenvalue weighted by Crippen LogP contribution is 2.21. The van der Waals surface area contributed by atoms with E-state index in [4.69, 9.17) is 4.74 Å². The summed E-state index contributed by atoms with van der Waals surface area (Å²) in [5.74, 6) is 0.931. The van der Waals surface area contributed by atoms with Gasteiger partial charge in [0.2, 0.25) is 0 Å². The predicted octanol–water partition coefficient (Wildman–Crippen LogP) is 1.60. The summed E-state index contributed by atoms with van der Waals surface area (Å²) in [6, 6.07) is 0.741. The number of nitrogens with one attached hydrogen (secondary N) is 1. The molecule has 0 spiro atoms. The van der Waals surface area contributed by atoms with Crippen molar-refractivity contribution in [3.63, 3.8) is 0 Å². The van der Waals surface area contributed by atoms with Crippen LogP contribution in [0.3, 0.4) is 0 Å². The lowest BCUT2D eigenvalue weighted by Crippen LogP contribution is -2.54. The van der Waals surface area contributed by atoms with Gasteiger partial charge in [0.05, 0.1) is 6.61 Å². The zero-order chi connectivity index (χ0) is 18.1. The number of amides is 1. The van der Waals surface area contributed by atoms with Gasteiger partial charge in [-0.25, -0.2) is 4.79 Å². The first-order chi connectivity index (χ1) is 12.2. The van der Waals surface area contributed by atoms with Crippen LogP contribution in [0.2, 0.25) is 0 Å². The highest BCUT2D eigenvalue weighted by Gasteiger charge is 2.24. The molecule has 2 aliphatic rings. The number of rotatable bonds is 5. The van der Waals surface area contributed by atoms with Gasteiger partial charge in [-0.05, 0) is 26.8 Å². The summed E-state index contributed by atoms with van der Waals surface area (Å²) in [4.78, 5) is 22.7. The first-order valence-corrected chi connectivity index (χ1v) is 9.73. The Bertz CT molecular complexity index is 429. The second-order valence-corrected chi connectivity index (χ2v) is 6.92. The molecule has 0 aromatic rings.